The van der Waals surface area contributed by atoms with Gasteiger partial charge in [-0.1, -0.05) is 12.1 Å². The molecular weight excluding hydrogens is 268 g/mol. The number of nitrogens with one attached hydrogen (secondary N) is 1. The van der Waals surface area contributed by atoms with Gasteiger partial charge < -0.3 is 14.6 Å². The van der Waals surface area contributed by atoms with Crippen molar-refractivity contribution in [3.05, 3.63) is 54.0 Å². The Hall–Kier alpha value is -2.56. The van der Waals surface area contributed by atoms with Crippen molar-refractivity contribution in [3.63, 3.8) is 0 Å². The topological polar surface area (TPSA) is 62.6 Å². The van der Waals surface area contributed by atoms with E-state index in [9.17, 15) is 9.59 Å². The summed E-state index contributed by atoms with van der Waals surface area (Å²) in [4.78, 5) is 25.1. The van der Waals surface area contributed by atoms with Gasteiger partial charge in [0.05, 0.1) is 12.8 Å². The molecule has 0 aliphatic rings. The zero-order chi connectivity index (χ0) is 15.2. The van der Waals surface area contributed by atoms with Crippen molar-refractivity contribution in [1.82, 2.24) is 4.90 Å². The van der Waals surface area contributed by atoms with Gasteiger partial charge in [0.25, 0.3) is 0 Å². The molecule has 0 atom stereocenters. The fourth-order valence-electron chi connectivity index (χ4n) is 1.97. The smallest absolute Gasteiger partial charge is 0.244 e. The molecule has 0 radical (unpaired) electrons. The first-order valence-electron chi connectivity index (χ1n) is 6.69. The first kappa shape index (κ1) is 14.8. The van der Waals surface area contributed by atoms with Crippen molar-refractivity contribution in [1.29, 1.82) is 0 Å². The summed E-state index contributed by atoms with van der Waals surface area (Å²) >= 11 is 0. The van der Waals surface area contributed by atoms with E-state index in [1.54, 1.807) is 18.4 Å². The van der Waals surface area contributed by atoms with Crippen LogP contribution in [0.4, 0.5) is 5.69 Å². The zero-order valence-electron chi connectivity index (χ0n) is 12.1. The maximum atomic E-state index is 12.0. The molecule has 0 fully saturated rings. The van der Waals surface area contributed by atoms with E-state index in [1.807, 2.05) is 31.2 Å². The van der Waals surface area contributed by atoms with Gasteiger partial charge in [-0.25, -0.2) is 0 Å². The second-order valence-corrected chi connectivity index (χ2v) is 4.87. The molecule has 1 aromatic carbocycles. The Morgan fingerprint density at radius 3 is 2.67 bits per heavy atom. The summed E-state index contributed by atoms with van der Waals surface area (Å²) in [7, 11) is 0. The van der Waals surface area contributed by atoms with Crippen molar-refractivity contribution in [3.8, 4) is 0 Å². The Balaban J connectivity index is 1.96. The SMILES string of the molecule is CC(=O)N(CC(=O)Nc1cccc(C)c1)Cc1ccco1. The van der Waals surface area contributed by atoms with Crippen LogP contribution in [0, 0.1) is 6.92 Å². The van der Waals surface area contributed by atoms with Crippen LogP contribution in [0.3, 0.4) is 0 Å². The number of rotatable bonds is 5. The lowest BCUT2D eigenvalue weighted by Gasteiger charge is -2.19. The van der Waals surface area contributed by atoms with E-state index in [0.717, 1.165) is 11.3 Å². The van der Waals surface area contributed by atoms with Gasteiger partial charge in [-0.2, -0.15) is 0 Å². The lowest BCUT2D eigenvalue weighted by molar-refractivity contribution is -0.133. The molecular formula is C16H18N2O3. The van der Waals surface area contributed by atoms with Gasteiger partial charge in [0.2, 0.25) is 11.8 Å². The highest BCUT2D eigenvalue weighted by Crippen LogP contribution is 2.10. The number of carbonyl (C=O) groups is 2. The van der Waals surface area contributed by atoms with Gasteiger partial charge in [-0.05, 0) is 36.8 Å². The predicted octanol–water partition coefficient (Wildman–Crippen LogP) is 2.58. The molecule has 1 N–H and O–H groups in total. The molecule has 0 aliphatic carbocycles. The number of carbonyl (C=O) groups excluding carboxylic acids is 2. The van der Waals surface area contributed by atoms with Gasteiger partial charge >= 0.3 is 0 Å². The fourth-order valence-corrected chi connectivity index (χ4v) is 1.97. The molecule has 0 saturated carbocycles. The van der Waals surface area contributed by atoms with E-state index in [4.69, 9.17) is 4.42 Å². The van der Waals surface area contributed by atoms with Crippen LogP contribution >= 0.6 is 0 Å². The van der Waals surface area contributed by atoms with E-state index in [-0.39, 0.29) is 24.9 Å². The molecule has 2 aromatic rings. The largest absolute Gasteiger partial charge is 0.467 e. The predicted molar refractivity (Wildman–Crippen MR) is 79.6 cm³/mol. The molecule has 2 amide bonds. The van der Waals surface area contributed by atoms with Gasteiger partial charge in [-0.3, -0.25) is 9.59 Å². The van der Waals surface area contributed by atoms with Crippen LogP contribution in [0.5, 0.6) is 0 Å². The highest BCUT2D eigenvalue weighted by atomic mass is 16.3. The maximum absolute atomic E-state index is 12.0. The number of furan rings is 1. The third kappa shape index (κ3) is 4.49. The first-order chi connectivity index (χ1) is 10.0. The minimum absolute atomic E-state index is 0.00995. The number of amides is 2. The van der Waals surface area contributed by atoms with Gasteiger partial charge in [0, 0.05) is 12.6 Å². The Labute approximate surface area is 123 Å². The summed E-state index contributed by atoms with van der Waals surface area (Å²) in [6, 6.07) is 11.0. The van der Waals surface area contributed by atoms with Crippen molar-refractivity contribution >= 4 is 17.5 Å². The van der Waals surface area contributed by atoms with Crippen molar-refractivity contribution in [2.75, 3.05) is 11.9 Å². The molecule has 5 nitrogen and oxygen atoms in total. The Bertz CT molecular complexity index is 620. The van der Waals surface area contributed by atoms with E-state index >= 15 is 0 Å². The van der Waals surface area contributed by atoms with E-state index in [0.29, 0.717) is 5.76 Å². The van der Waals surface area contributed by atoms with Crippen LogP contribution in [-0.2, 0) is 16.1 Å². The molecule has 110 valence electrons. The molecule has 0 unspecified atom stereocenters. The van der Waals surface area contributed by atoms with Crippen LogP contribution in [-0.4, -0.2) is 23.3 Å². The second kappa shape index (κ2) is 6.74. The molecule has 1 heterocycles. The standard InChI is InChI=1S/C16H18N2O3/c1-12-5-3-6-14(9-12)17-16(20)11-18(13(2)19)10-15-7-4-8-21-15/h3-9H,10-11H2,1-2H3,(H,17,20). The number of hydrogen-bond donors (Lipinski definition) is 1. The number of benzene rings is 1. The zero-order valence-corrected chi connectivity index (χ0v) is 12.1. The highest BCUT2D eigenvalue weighted by molar-refractivity contribution is 5.94. The third-order valence-corrected chi connectivity index (χ3v) is 3.01. The Morgan fingerprint density at radius 2 is 2.05 bits per heavy atom. The summed E-state index contributed by atoms with van der Waals surface area (Å²) in [5, 5.41) is 2.78. The summed E-state index contributed by atoms with van der Waals surface area (Å²) < 4.78 is 5.20. The Kier molecular flexibility index (Phi) is 4.77. The minimum atomic E-state index is -0.234. The lowest BCUT2D eigenvalue weighted by atomic mass is 10.2. The molecule has 0 bridgehead atoms. The van der Waals surface area contributed by atoms with Crippen LogP contribution in [0.2, 0.25) is 0 Å². The summed E-state index contributed by atoms with van der Waals surface area (Å²) in [6.45, 7) is 3.66. The highest BCUT2D eigenvalue weighted by Gasteiger charge is 2.15. The number of aryl methyl sites for hydroxylation is 1. The quantitative estimate of drug-likeness (QED) is 0.919. The molecule has 0 spiro atoms. The molecule has 5 heteroatoms. The summed E-state index contributed by atoms with van der Waals surface area (Å²) in [5.41, 5.74) is 1.79. The van der Waals surface area contributed by atoms with Crippen LogP contribution in [0.25, 0.3) is 0 Å². The normalized spacial score (nSPS) is 10.2. The van der Waals surface area contributed by atoms with E-state index in [2.05, 4.69) is 5.32 Å². The van der Waals surface area contributed by atoms with Crippen LogP contribution < -0.4 is 5.32 Å². The molecule has 21 heavy (non-hydrogen) atoms. The average Bonchev–Trinajstić information content (AvgIpc) is 2.90. The second-order valence-electron chi connectivity index (χ2n) is 4.87. The van der Waals surface area contributed by atoms with Crippen molar-refractivity contribution in [2.24, 2.45) is 0 Å². The summed E-state index contributed by atoms with van der Waals surface area (Å²) in [6.07, 6.45) is 1.54. The Morgan fingerprint density at radius 1 is 1.24 bits per heavy atom. The number of anilines is 1. The van der Waals surface area contributed by atoms with Gasteiger partial charge in [0.15, 0.2) is 0 Å². The number of nitrogens with zero attached hydrogens (tertiary/aromatic N) is 1. The maximum Gasteiger partial charge on any atom is 0.244 e. The molecule has 0 saturated heterocycles. The number of hydrogen-bond acceptors (Lipinski definition) is 3. The molecule has 2 rings (SSSR count). The van der Waals surface area contributed by atoms with E-state index in [1.165, 1.54) is 11.8 Å². The van der Waals surface area contributed by atoms with Gasteiger partial charge in [-0.15, -0.1) is 0 Å². The van der Waals surface area contributed by atoms with Crippen LogP contribution in [0.15, 0.2) is 47.1 Å². The molecule has 1 aromatic heterocycles. The van der Waals surface area contributed by atoms with Crippen molar-refractivity contribution < 1.29 is 14.0 Å². The van der Waals surface area contributed by atoms with E-state index < -0.39 is 0 Å². The molecule has 0 aliphatic heterocycles. The van der Waals surface area contributed by atoms with Crippen LogP contribution in [0.1, 0.15) is 18.2 Å². The van der Waals surface area contributed by atoms with Gasteiger partial charge in [0.1, 0.15) is 12.3 Å². The minimum Gasteiger partial charge on any atom is -0.467 e. The first-order valence-corrected chi connectivity index (χ1v) is 6.69. The third-order valence-electron chi connectivity index (χ3n) is 3.01. The fraction of sp³-hybridized carbons (Fsp3) is 0.250. The van der Waals surface area contributed by atoms with Crippen molar-refractivity contribution in [2.45, 2.75) is 20.4 Å². The summed E-state index contributed by atoms with van der Waals surface area (Å²) in [5.74, 6) is 0.238. The average molecular weight is 286 g/mol. The monoisotopic (exact) mass is 286 g/mol. The lowest BCUT2D eigenvalue weighted by Crippen LogP contribution is -2.36.